The number of benzene rings is 1. The molecule has 0 fully saturated rings. The normalized spacial score (nSPS) is 20.7. The molecule has 1 aliphatic rings. The van der Waals surface area contributed by atoms with Crippen LogP contribution in [0.25, 0.3) is 0 Å². The third-order valence-electron chi connectivity index (χ3n) is 5.26. The first-order chi connectivity index (χ1) is 11.8. The second-order valence-electron chi connectivity index (χ2n) is 7.90. The van der Waals surface area contributed by atoms with Crippen molar-refractivity contribution in [2.75, 3.05) is 0 Å². The zero-order valence-electron chi connectivity index (χ0n) is 15.4. The van der Waals surface area contributed by atoms with Gasteiger partial charge in [0.15, 0.2) is 0 Å². The van der Waals surface area contributed by atoms with Crippen molar-refractivity contribution >= 4 is 5.91 Å². The Kier molecular flexibility index (Phi) is 4.43. The molecule has 0 spiro atoms. The zero-order valence-corrected chi connectivity index (χ0v) is 15.4. The van der Waals surface area contributed by atoms with Crippen LogP contribution < -0.4 is 0 Å². The van der Waals surface area contributed by atoms with Crippen LogP contribution in [0.5, 0.6) is 0 Å². The van der Waals surface area contributed by atoms with Gasteiger partial charge in [0.2, 0.25) is 5.91 Å². The summed E-state index contributed by atoms with van der Waals surface area (Å²) in [5.74, 6) is -0.140. The summed E-state index contributed by atoms with van der Waals surface area (Å²) in [4.78, 5) is 19.8. The summed E-state index contributed by atoms with van der Waals surface area (Å²) in [6.45, 7) is 9.46. The van der Waals surface area contributed by atoms with Gasteiger partial charge in [0.25, 0.3) is 0 Å². The van der Waals surface area contributed by atoms with Crippen molar-refractivity contribution < 1.29 is 9.18 Å². The van der Waals surface area contributed by atoms with Crippen molar-refractivity contribution in [1.82, 2.24) is 14.5 Å². The van der Waals surface area contributed by atoms with Gasteiger partial charge in [0.1, 0.15) is 11.4 Å². The van der Waals surface area contributed by atoms with Gasteiger partial charge >= 0.3 is 0 Å². The summed E-state index contributed by atoms with van der Waals surface area (Å²) < 4.78 is 15.3. The molecule has 1 atom stereocenters. The maximum Gasteiger partial charge on any atom is 0.250 e. The van der Waals surface area contributed by atoms with Crippen LogP contribution in [0.15, 0.2) is 36.8 Å². The van der Waals surface area contributed by atoms with Gasteiger partial charge in [-0.25, -0.2) is 9.37 Å². The Morgan fingerprint density at radius 2 is 1.92 bits per heavy atom. The molecular formula is C20H26FN3O. The molecule has 3 rings (SSSR count). The summed E-state index contributed by atoms with van der Waals surface area (Å²) in [6.07, 6.45) is 5.31. The lowest BCUT2D eigenvalue weighted by atomic mass is 9.68. The summed E-state index contributed by atoms with van der Waals surface area (Å²) in [6, 6.07) is 6.37. The SMILES string of the molecule is CCCC1(C(C)(C)C)C(=O)N(Cc2ccc(F)cc2)Cc2cncn21. The number of carbonyl (C=O) groups excluding carboxylic acids is 1. The minimum Gasteiger partial charge on any atom is -0.330 e. The number of nitrogens with zero attached hydrogens (tertiary/aromatic N) is 3. The molecule has 0 bridgehead atoms. The first-order valence-corrected chi connectivity index (χ1v) is 8.85. The molecule has 134 valence electrons. The van der Waals surface area contributed by atoms with Crippen LogP contribution in [0.1, 0.15) is 51.8 Å². The van der Waals surface area contributed by atoms with E-state index >= 15 is 0 Å². The van der Waals surface area contributed by atoms with Gasteiger partial charge in [-0.05, 0) is 29.5 Å². The number of carbonyl (C=O) groups is 1. The number of halogens is 1. The van der Waals surface area contributed by atoms with Crippen LogP contribution in [0.4, 0.5) is 4.39 Å². The minimum absolute atomic E-state index is 0.122. The van der Waals surface area contributed by atoms with Crippen molar-refractivity contribution in [1.29, 1.82) is 0 Å². The molecule has 25 heavy (non-hydrogen) atoms. The van der Waals surface area contributed by atoms with Crippen LogP contribution in [-0.2, 0) is 23.4 Å². The molecule has 0 saturated carbocycles. The number of aromatic nitrogens is 2. The quantitative estimate of drug-likeness (QED) is 0.838. The third-order valence-corrected chi connectivity index (χ3v) is 5.26. The first-order valence-electron chi connectivity index (χ1n) is 8.85. The average molecular weight is 343 g/mol. The predicted molar refractivity (Wildman–Crippen MR) is 95.2 cm³/mol. The highest BCUT2D eigenvalue weighted by Gasteiger charge is 2.54. The maximum absolute atomic E-state index is 13.6. The van der Waals surface area contributed by atoms with Crippen molar-refractivity contribution in [3.8, 4) is 0 Å². The van der Waals surface area contributed by atoms with E-state index in [1.54, 1.807) is 18.5 Å². The standard InChI is InChI=1S/C20H26FN3O/c1-5-10-20(19(2,3)4)18(25)23(13-17-11-22-14-24(17)20)12-15-6-8-16(21)9-7-15/h6-9,11,14H,5,10,12-13H2,1-4H3. The van der Waals surface area contributed by atoms with E-state index in [2.05, 4.69) is 37.2 Å². The lowest BCUT2D eigenvalue weighted by Crippen LogP contribution is -2.60. The molecule has 0 N–H and O–H groups in total. The summed E-state index contributed by atoms with van der Waals surface area (Å²) in [5.41, 5.74) is 1.08. The van der Waals surface area contributed by atoms with Crippen LogP contribution in [0.3, 0.4) is 0 Å². The third kappa shape index (κ3) is 2.86. The molecule has 1 amide bonds. The maximum atomic E-state index is 13.6. The van der Waals surface area contributed by atoms with Gasteiger partial charge in [0, 0.05) is 12.7 Å². The van der Waals surface area contributed by atoms with Gasteiger partial charge in [-0.2, -0.15) is 0 Å². The summed E-state index contributed by atoms with van der Waals surface area (Å²) in [5, 5.41) is 0. The van der Waals surface area contributed by atoms with Crippen LogP contribution in [0.2, 0.25) is 0 Å². The van der Waals surface area contributed by atoms with Crippen molar-refractivity contribution in [2.45, 2.75) is 59.2 Å². The Balaban J connectivity index is 2.04. The molecule has 1 aromatic carbocycles. The number of rotatable bonds is 4. The van der Waals surface area contributed by atoms with E-state index in [0.717, 1.165) is 24.1 Å². The van der Waals surface area contributed by atoms with Gasteiger partial charge in [-0.3, -0.25) is 4.79 Å². The number of hydrogen-bond acceptors (Lipinski definition) is 2. The van der Waals surface area contributed by atoms with E-state index in [4.69, 9.17) is 0 Å². The summed E-state index contributed by atoms with van der Waals surface area (Å²) >= 11 is 0. The highest BCUT2D eigenvalue weighted by molar-refractivity contribution is 5.86. The fraction of sp³-hybridized carbons (Fsp3) is 0.500. The monoisotopic (exact) mass is 343 g/mol. The molecule has 5 heteroatoms. The summed E-state index contributed by atoms with van der Waals surface area (Å²) in [7, 11) is 0. The molecule has 1 aromatic heterocycles. The fourth-order valence-corrected chi connectivity index (χ4v) is 4.00. The Labute approximate surface area is 148 Å². The molecule has 0 radical (unpaired) electrons. The van der Waals surface area contributed by atoms with Crippen LogP contribution in [-0.4, -0.2) is 20.4 Å². The largest absolute Gasteiger partial charge is 0.330 e. The second-order valence-corrected chi connectivity index (χ2v) is 7.90. The molecule has 0 aliphatic carbocycles. The molecule has 2 aromatic rings. The molecular weight excluding hydrogens is 317 g/mol. The Hall–Kier alpha value is -2.17. The highest BCUT2D eigenvalue weighted by atomic mass is 19.1. The molecule has 2 heterocycles. The second kappa shape index (κ2) is 6.28. The lowest BCUT2D eigenvalue weighted by Gasteiger charge is -2.50. The molecule has 1 aliphatic heterocycles. The number of hydrogen-bond donors (Lipinski definition) is 0. The molecule has 0 saturated heterocycles. The van der Waals surface area contributed by atoms with E-state index < -0.39 is 5.54 Å². The lowest BCUT2D eigenvalue weighted by molar-refractivity contribution is -0.153. The van der Waals surface area contributed by atoms with Crippen molar-refractivity contribution in [3.05, 3.63) is 53.9 Å². The van der Waals surface area contributed by atoms with Crippen LogP contribution in [0, 0.1) is 11.2 Å². The smallest absolute Gasteiger partial charge is 0.250 e. The zero-order chi connectivity index (χ0) is 18.2. The fourth-order valence-electron chi connectivity index (χ4n) is 4.00. The van der Waals surface area contributed by atoms with Gasteiger partial charge in [0.05, 0.1) is 18.6 Å². The Bertz CT molecular complexity index is 760. The Morgan fingerprint density at radius 3 is 2.52 bits per heavy atom. The number of imidazole rings is 1. The van der Waals surface area contributed by atoms with E-state index in [9.17, 15) is 9.18 Å². The topological polar surface area (TPSA) is 38.1 Å². The molecule has 4 nitrogen and oxygen atoms in total. The van der Waals surface area contributed by atoms with Crippen LogP contribution >= 0.6 is 0 Å². The number of amides is 1. The van der Waals surface area contributed by atoms with E-state index in [-0.39, 0.29) is 17.1 Å². The minimum atomic E-state index is -0.647. The highest BCUT2D eigenvalue weighted by Crippen LogP contribution is 2.46. The average Bonchev–Trinajstić information content (AvgIpc) is 3.00. The predicted octanol–water partition coefficient (Wildman–Crippen LogP) is 4.11. The number of fused-ring (bicyclic) bond motifs is 1. The Morgan fingerprint density at radius 1 is 1.24 bits per heavy atom. The van der Waals surface area contributed by atoms with E-state index in [1.165, 1.54) is 12.1 Å². The van der Waals surface area contributed by atoms with Crippen molar-refractivity contribution in [3.63, 3.8) is 0 Å². The van der Waals surface area contributed by atoms with Crippen molar-refractivity contribution in [2.24, 2.45) is 5.41 Å². The van der Waals surface area contributed by atoms with Gasteiger partial charge < -0.3 is 9.47 Å². The van der Waals surface area contributed by atoms with Gasteiger partial charge in [-0.15, -0.1) is 0 Å². The van der Waals surface area contributed by atoms with E-state index in [0.29, 0.717) is 13.1 Å². The first kappa shape index (κ1) is 17.6. The molecule has 1 unspecified atom stereocenters. The van der Waals surface area contributed by atoms with Gasteiger partial charge in [-0.1, -0.05) is 46.2 Å². The van der Waals surface area contributed by atoms with E-state index in [1.807, 2.05) is 11.1 Å².